The molecule has 0 saturated heterocycles. The maximum atomic E-state index is 11.8. The SMILES string of the molecule is CCC(=O)NCCOS(=O)NCc1ccc(C)c(-c2ccccc2)c1. The van der Waals surface area contributed by atoms with Crippen molar-refractivity contribution in [1.82, 2.24) is 10.0 Å². The number of amides is 1. The molecule has 0 aromatic heterocycles. The Bertz CT molecular complexity index is 720. The molecule has 2 N–H and O–H groups in total. The summed E-state index contributed by atoms with van der Waals surface area (Å²) in [5.74, 6) is -0.0459. The van der Waals surface area contributed by atoms with Gasteiger partial charge in [-0.3, -0.25) is 8.98 Å². The average Bonchev–Trinajstić information content (AvgIpc) is 2.65. The second-order valence-corrected chi connectivity index (χ2v) is 6.59. The molecule has 0 heterocycles. The van der Waals surface area contributed by atoms with Crippen molar-refractivity contribution >= 4 is 17.2 Å². The van der Waals surface area contributed by atoms with Crippen LogP contribution >= 0.6 is 0 Å². The zero-order valence-corrected chi connectivity index (χ0v) is 15.4. The van der Waals surface area contributed by atoms with E-state index in [1.165, 1.54) is 5.56 Å². The fraction of sp³-hybridized carbons (Fsp3) is 0.316. The Hall–Kier alpha value is -2.02. The lowest BCUT2D eigenvalue weighted by molar-refractivity contribution is -0.120. The quantitative estimate of drug-likeness (QED) is 0.676. The minimum Gasteiger partial charge on any atom is -0.354 e. The molecule has 1 amide bonds. The summed E-state index contributed by atoms with van der Waals surface area (Å²) in [6.07, 6.45) is 0.429. The van der Waals surface area contributed by atoms with E-state index in [0.717, 1.165) is 16.7 Å². The number of hydrogen-bond donors (Lipinski definition) is 2. The molecule has 6 heteroatoms. The minimum atomic E-state index is -1.59. The molecule has 0 saturated carbocycles. The molecular weight excluding hydrogens is 336 g/mol. The maximum absolute atomic E-state index is 11.8. The van der Waals surface area contributed by atoms with E-state index in [2.05, 4.69) is 41.2 Å². The normalized spacial score (nSPS) is 11.9. The molecule has 2 aromatic carbocycles. The van der Waals surface area contributed by atoms with E-state index >= 15 is 0 Å². The summed E-state index contributed by atoms with van der Waals surface area (Å²) in [5, 5.41) is 2.67. The number of aryl methyl sites for hydroxylation is 1. The van der Waals surface area contributed by atoms with Crippen molar-refractivity contribution < 1.29 is 13.2 Å². The molecule has 0 fully saturated rings. The van der Waals surface area contributed by atoms with Gasteiger partial charge in [-0.2, -0.15) is 0 Å². The van der Waals surface area contributed by atoms with Gasteiger partial charge in [0.1, 0.15) is 0 Å². The highest BCUT2D eigenvalue weighted by Crippen LogP contribution is 2.24. The van der Waals surface area contributed by atoms with Gasteiger partial charge in [-0.1, -0.05) is 49.4 Å². The fourth-order valence-corrected chi connectivity index (χ4v) is 2.93. The summed E-state index contributed by atoms with van der Waals surface area (Å²) in [7, 11) is 0. The van der Waals surface area contributed by atoms with Gasteiger partial charge in [0, 0.05) is 19.5 Å². The van der Waals surface area contributed by atoms with E-state index in [4.69, 9.17) is 4.18 Å². The van der Waals surface area contributed by atoms with Crippen LogP contribution in [0, 0.1) is 6.92 Å². The fourth-order valence-electron chi connectivity index (χ4n) is 2.32. The number of rotatable bonds is 9. The summed E-state index contributed by atoms with van der Waals surface area (Å²) in [6.45, 7) is 4.85. The largest absolute Gasteiger partial charge is 0.354 e. The van der Waals surface area contributed by atoms with Gasteiger partial charge in [0.05, 0.1) is 6.61 Å². The molecule has 0 spiro atoms. The van der Waals surface area contributed by atoms with Crippen molar-refractivity contribution in [3.05, 3.63) is 59.7 Å². The van der Waals surface area contributed by atoms with E-state index in [1.54, 1.807) is 6.92 Å². The standard InChI is InChI=1S/C19H24N2O3S/c1-3-19(22)20-11-12-24-25(23)21-14-16-10-9-15(2)18(13-16)17-7-5-4-6-8-17/h4-10,13,21H,3,11-12,14H2,1-2H3,(H,20,22). The first kappa shape index (κ1) is 19.3. The summed E-state index contributed by atoms with van der Waals surface area (Å²) < 4.78 is 19.8. The molecule has 1 unspecified atom stereocenters. The van der Waals surface area contributed by atoms with Gasteiger partial charge in [-0.25, -0.2) is 8.93 Å². The van der Waals surface area contributed by atoms with Gasteiger partial charge in [0.2, 0.25) is 17.2 Å². The Balaban J connectivity index is 1.85. The van der Waals surface area contributed by atoms with E-state index in [9.17, 15) is 9.00 Å². The Morgan fingerprint density at radius 2 is 1.92 bits per heavy atom. The molecule has 2 rings (SSSR count). The second-order valence-electron chi connectivity index (χ2n) is 5.60. The zero-order valence-electron chi connectivity index (χ0n) is 14.6. The van der Waals surface area contributed by atoms with Crippen LogP contribution < -0.4 is 10.0 Å². The maximum Gasteiger partial charge on any atom is 0.234 e. The Morgan fingerprint density at radius 1 is 1.16 bits per heavy atom. The van der Waals surface area contributed by atoms with E-state index in [0.29, 0.717) is 19.5 Å². The van der Waals surface area contributed by atoms with Gasteiger partial charge in [-0.05, 0) is 35.2 Å². The van der Waals surface area contributed by atoms with E-state index in [1.807, 2.05) is 24.3 Å². The minimum absolute atomic E-state index is 0.0459. The number of hydrogen-bond acceptors (Lipinski definition) is 3. The highest BCUT2D eigenvalue weighted by atomic mass is 32.2. The van der Waals surface area contributed by atoms with Crippen LogP contribution in [0.5, 0.6) is 0 Å². The first-order chi connectivity index (χ1) is 12.1. The zero-order chi connectivity index (χ0) is 18.1. The van der Waals surface area contributed by atoms with Gasteiger partial charge < -0.3 is 5.32 Å². The molecular formula is C19H24N2O3S. The van der Waals surface area contributed by atoms with Crippen molar-refractivity contribution in [2.24, 2.45) is 0 Å². The van der Waals surface area contributed by atoms with Gasteiger partial charge in [0.25, 0.3) is 0 Å². The monoisotopic (exact) mass is 360 g/mol. The lowest BCUT2D eigenvalue weighted by atomic mass is 9.98. The van der Waals surface area contributed by atoms with Crippen molar-refractivity contribution in [3.63, 3.8) is 0 Å². The number of carbonyl (C=O) groups is 1. The lowest BCUT2D eigenvalue weighted by Gasteiger charge is -2.10. The van der Waals surface area contributed by atoms with Crippen molar-refractivity contribution in [1.29, 1.82) is 0 Å². The van der Waals surface area contributed by atoms with Gasteiger partial charge in [-0.15, -0.1) is 0 Å². The molecule has 0 aliphatic heterocycles. The Labute approximate surface area is 151 Å². The van der Waals surface area contributed by atoms with Crippen LogP contribution in [0.3, 0.4) is 0 Å². The van der Waals surface area contributed by atoms with Crippen LogP contribution in [0.1, 0.15) is 24.5 Å². The summed E-state index contributed by atoms with van der Waals surface area (Å²) in [5.41, 5.74) is 4.54. The summed E-state index contributed by atoms with van der Waals surface area (Å²) in [6, 6.07) is 16.3. The van der Waals surface area contributed by atoms with Crippen LogP contribution in [0.2, 0.25) is 0 Å². The second kappa shape index (κ2) is 10.1. The van der Waals surface area contributed by atoms with E-state index < -0.39 is 11.3 Å². The van der Waals surface area contributed by atoms with Gasteiger partial charge in [0.15, 0.2) is 0 Å². The third kappa shape index (κ3) is 6.42. The molecule has 0 aliphatic rings. The average molecular weight is 360 g/mol. The molecule has 2 aromatic rings. The van der Waals surface area contributed by atoms with Crippen molar-refractivity contribution in [2.75, 3.05) is 13.2 Å². The van der Waals surface area contributed by atoms with Crippen LogP contribution in [0.15, 0.2) is 48.5 Å². The third-order valence-electron chi connectivity index (χ3n) is 3.72. The summed E-state index contributed by atoms with van der Waals surface area (Å²) >= 11 is -1.59. The predicted octanol–water partition coefficient (Wildman–Crippen LogP) is 2.87. The smallest absolute Gasteiger partial charge is 0.234 e. The third-order valence-corrected chi connectivity index (χ3v) is 4.48. The lowest BCUT2D eigenvalue weighted by Crippen LogP contribution is -2.28. The highest BCUT2D eigenvalue weighted by molar-refractivity contribution is 7.78. The molecule has 0 aliphatic carbocycles. The first-order valence-corrected chi connectivity index (χ1v) is 9.38. The summed E-state index contributed by atoms with van der Waals surface area (Å²) in [4.78, 5) is 11.1. The molecule has 25 heavy (non-hydrogen) atoms. The Morgan fingerprint density at radius 3 is 2.64 bits per heavy atom. The van der Waals surface area contributed by atoms with Crippen LogP contribution in [-0.2, 0) is 26.8 Å². The number of carbonyl (C=O) groups excluding carboxylic acids is 1. The molecule has 1 atom stereocenters. The van der Waals surface area contributed by atoms with Crippen LogP contribution in [-0.4, -0.2) is 23.3 Å². The number of benzene rings is 2. The van der Waals surface area contributed by atoms with Crippen molar-refractivity contribution in [2.45, 2.75) is 26.8 Å². The van der Waals surface area contributed by atoms with Gasteiger partial charge >= 0.3 is 0 Å². The van der Waals surface area contributed by atoms with Crippen LogP contribution in [0.4, 0.5) is 0 Å². The van der Waals surface area contributed by atoms with Crippen LogP contribution in [0.25, 0.3) is 11.1 Å². The Kier molecular flexibility index (Phi) is 7.78. The topological polar surface area (TPSA) is 67.4 Å². The predicted molar refractivity (Wildman–Crippen MR) is 101 cm³/mol. The van der Waals surface area contributed by atoms with E-state index in [-0.39, 0.29) is 12.5 Å². The molecule has 5 nitrogen and oxygen atoms in total. The molecule has 134 valence electrons. The first-order valence-electron chi connectivity index (χ1n) is 8.30. The molecule has 0 bridgehead atoms. The molecule has 0 radical (unpaired) electrons. The highest BCUT2D eigenvalue weighted by Gasteiger charge is 2.05. The van der Waals surface area contributed by atoms with Crippen molar-refractivity contribution in [3.8, 4) is 11.1 Å². The number of nitrogens with one attached hydrogen (secondary N) is 2.